The van der Waals surface area contributed by atoms with Crippen molar-refractivity contribution in [3.8, 4) is 11.8 Å². The first-order valence-corrected chi connectivity index (χ1v) is 12.2. The molecule has 0 bridgehead atoms. The van der Waals surface area contributed by atoms with Gasteiger partial charge < -0.3 is 14.9 Å². The van der Waals surface area contributed by atoms with Crippen LogP contribution < -0.4 is 0 Å². The summed E-state index contributed by atoms with van der Waals surface area (Å²) in [5, 5.41) is 19.6. The number of aliphatic hydroxyl groups excluding tert-OH is 1. The predicted molar refractivity (Wildman–Crippen MR) is 119 cm³/mol. The Bertz CT molecular complexity index is 730. The summed E-state index contributed by atoms with van der Waals surface area (Å²) in [6.45, 7) is 2.86. The fourth-order valence-electron chi connectivity index (χ4n) is 5.52. The number of aliphatic carboxylic acids is 1. The molecule has 0 aromatic heterocycles. The highest BCUT2D eigenvalue weighted by Gasteiger charge is 2.58. The molecule has 0 aromatic rings. The molecule has 5 heteroatoms. The molecule has 172 valence electrons. The Morgan fingerprint density at radius 2 is 2.13 bits per heavy atom. The van der Waals surface area contributed by atoms with Crippen molar-refractivity contribution in [2.75, 3.05) is 6.61 Å². The SMILES string of the molecule is CCCCOC12CCC(O)C(C#CCC3CCCC(=O)C3)C1C/C2=C\CCCC(=O)O. The summed E-state index contributed by atoms with van der Waals surface area (Å²) in [4.78, 5) is 22.5. The topological polar surface area (TPSA) is 83.8 Å². The van der Waals surface area contributed by atoms with Gasteiger partial charge in [0.05, 0.1) is 17.6 Å². The van der Waals surface area contributed by atoms with Crippen molar-refractivity contribution in [2.24, 2.45) is 17.8 Å². The minimum Gasteiger partial charge on any atom is -0.481 e. The van der Waals surface area contributed by atoms with Crippen LogP contribution in [-0.2, 0) is 14.3 Å². The molecule has 0 aliphatic heterocycles. The largest absolute Gasteiger partial charge is 0.481 e. The van der Waals surface area contributed by atoms with E-state index in [-0.39, 0.29) is 23.9 Å². The van der Waals surface area contributed by atoms with Crippen molar-refractivity contribution >= 4 is 11.8 Å². The normalized spacial score (nSPS) is 33.9. The molecule has 0 aromatic carbocycles. The van der Waals surface area contributed by atoms with Gasteiger partial charge in [0.2, 0.25) is 0 Å². The van der Waals surface area contributed by atoms with Gasteiger partial charge in [-0.05, 0) is 62.9 Å². The Labute approximate surface area is 186 Å². The van der Waals surface area contributed by atoms with Crippen LogP contribution in [0.4, 0.5) is 0 Å². The van der Waals surface area contributed by atoms with Crippen LogP contribution in [0.3, 0.4) is 0 Å². The van der Waals surface area contributed by atoms with Crippen molar-refractivity contribution in [3.63, 3.8) is 0 Å². The first kappa shape index (κ1) is 24.0. The van der Waals surface area contributed by atoms with E-state index >= 15 is 0 Å². The third-order valence-corrected chi connectivity index (χ3v) is 7.33. The second kappa shape index (κ2) is 11.3. The number of carbonyl (C=O) groups excluding carboxylic acids is 1. The number of carboxylic acid groups (broad SMARTS) is 1. The van der Waals surface area contributed by atoms with E-state index in [0.717, 1.165) is 51.4 Å². The lowest BCUT2D eigenvalue weighted by Gasteiger charge is -2.57. The van der Waals surface area contributed by atoms with Crippen LogP contribution >= 0.6 is 0 Å². The maximum Gasteiger partial charge on any atom is 0.303 e. The number of ether oxygens (including phenoxy) is 1. The van der Waals surface area contributed by atoms with Gasteiger partial charge in [-0.25, -0.2) is 0 Å². The van der Waals surface area contributed by atoms with Crippen LogP contribution in [0.5, 0.6) is 0 Å². The van der Waals surface area contributed by atoms with Crippen molar-refractivity contribution in [1.82, 2.24) is 0 Å². The zero-order valence-corrected chi connectivity index (χ0v) is 18.9. The van der Waals surface area contributed by atoms with Gasteiger partial charge in [0, 0.05) is 38.2 Å². The number of aliphatic hydroxyl groups is 1. The van der Waals surface area contributed by atoms with Gasteiger partial charge in [0.15, 0.2) is 0 Å². The number of fused-ring (bicyclic) bond motifs is 1. The summed E-state index contributed by atoms with van der Waals surface area (Å²) < 4.78 is 6.48. The van der Waals surface area contributed by atoms with Gasteiger partial charge in [-0.1, -0.05) is 25.3 Å². The van der Waals surface area contributed by atoms with Crippen LogP contribution in [0.1, 0.15) is 90.4 Å². The third-order valence-electron chi connectivity index (χ3n) is 7.33. The molecule has 2 N–H and O–H groups in total. The van der Waals surface area contributed by atoms with E-state index < -0.39 is 12.1 Å². The molecule has 0 amide bonds. The number of unbranched alkanes of at least 4 members (excludes halogenated alkanes) is 2. The fourth-order valence-corrected chi connectivity index (χ4v) is 5.52. The first-order valence-electron chi connectivity index (χ1n) is 12.2. The van der Waals surface area contributed by atoms with E-state index in [4.69, 9.17) is 9.84 Å². The number of carbonyl (C=O) groups is 2. The van der Waals surface area contributed by atoms with Gasteiger partial charge in [-0.3, -0.25) is 9.59 Å². The number of rotatable bonds is 9. The van der Waals surface area contributed by atoms with E-state index in [1.165, 1.54) is 5.57 Å². The molecule has 3 rings (SSSR count). The minimum absolute atomic E-state index is 0.0918. The van der Waals surface area contributed by atoms with Crippen LogP contribution in [-0.4, -0.2) is 40.3 Å². The van der Waals surface area contributed by atoms with E-state index in [1.807, 2.05) is 0 Å². The van der Waals surface area contributed by atoms with Crippen molar-refractivity contribution in [2.45, 2.75) is 102 Å². The van der Waals surface area contributed by atoms with Crippen LogP contribution in [0.2, 0.25) is 0 Å². The quantitative estimate of drug-likeness (QED) is 0.316. The molecule has 5 unspecified atom stereocenters. The lowest BCUT2D eigenvalue weighted by atomic mass is 9.53. The number of hydrogen-bond donors (Lipinski definition) is 2. The lowest BCUT2D eigenvalue weighted by Crippen LogP contribution is -2.60. The molecule has 3 fully saturated rings. The Morgan fingerprint density at radius 3 is 2.87 bits per heavy atom. The first-order chi connectivity index (χ1) is 15.0. The monoisotopic (exact) mass is 430 g/mol. The van der Waals surface area contributed by atoms with Gasteiger partial charge in [-0.15, -0.1) is 5.92 Å². The van der Waals surface area contributed by atoms with Crippen LogP contribution in [0, 0.1) is 29.6 Å². The van der Waals surface area contributed by atoms with E-state index in [9.17, 15) is 14.7 Å². The molecule has 0 heterocycles. The molecule has 0 saturated heterocycles. The zero-order chi connectivity index (χ0) is 22.3. The number of carboxylic acids is 1. The van der Waals surface area contributed by atoms with Crippen molar-refractivity contribution < 1.29 is 24.5 Å². The second-order valence-electron chi connectivity index (χ2n) is 9.58. The zero-order valence-electron chi connectivity index (χ0n) is 18.9. The second-order valence-corrected chi connectivity index (χ2v) is 9.58. The van der Waals surface area contributed by atoms with Crippen molar-refractivity contribution in [1.29, 1.82) is 0 Å². The highest BCUT2D eigenvalue weighted by atomic mass is 16.5. The Kier molecular flexibility index (Phi) is 8.75. The number of Topliss-reactive ketones (excluding diaryl/α,β-unsaturated/α-hetero) is 1. The average molecular weight is 431 g/mol. The standard InChI is InChI=1S/C26H38O5/c1-2-3-16-31-26-15-14-24(28)22(12-7-9-19-8-6-11-21(27)17-19)23(26)18-20(26)10-4-5-13-25(29)30/h10,19,22-24,28H,2-6,8-9,11,13-18H2,1H3,(H,29,30)/b20-10+. The molecule has 3 saturated carbocycles. The summed E-state index contributed by atoms with van der Waals surface area (Å²) in [5.74, 6) is 6.78. The number of allylic oxidation sites excluding steroid dienone is 1. The summed E-state index contributed by atoms with van der Waals surface area (Å²) in [7, 11) is 0. The van der Waals surface area contributed by atoms with E-state index in [1.54, 1.807) is 0 Å². The summed E-state index contributed by atoms with van der Waals surface area (Å²) in [6, 6.07) is 0. The highest BCUT2D eigenvalue weighted by molar-refractivity contribution is 5.79. The summed E-state index contributed by atoms with van der Waals surface area (Å²) in [6.07, 6.45) is 11.9. The fraction of sp³-hybridized carbons (Fsp3) is 0.769. The Morgan fingerprint density at radius 1 is 1.29 bits per heavy atom. The molecule has 5 atom stereocenters. The molecule has 0 radical (unpaired) electrons. The molecule has 3 aliphatic carbocycles. The average Bonchev–Trinajstić information content (AvgIpc) is 2.72. The maximum atomic E-state index is 11.7. The van der Waals surface area contributed by atoms with Crippen molar-refractivity contribution in [3.05, 3.63) is 11.6 Å². The molecule has 5 nitrogen and oxygen atoms in total. The van der Waals surface area contributed by atoms with Crippen LogP contribution in [0.25, 0.3) is 0 Å². The minimum atomic E-state index is -0.755. The van der Waals surface area contributed by atoms with Crippen LogP contribution in [0.15, 0.2) is 11.6 Å². The number of hydrogen-bond acceptors (Lipinski definition) is 4. The van der Waals surface area contributed by atoms with Gasteiger partial charge in [0.1, 0.15) is 5.78 Å². The number of ketones is 1. The van der Waals surface area contributed by atoms with Gasteiger partial charge >= 0.3 is 5.97 Å². The predicted octanol–water partition coefficient (Wildman–Crippen LogP) is 4.67. The van der Waals surface area contributed by atoms with Gasteiger partial charge in [0.25, 0.3) is 0 Å². The third kappa shape index (κ3) is 5.99. The van der Waals surface area contributed by atoms with Gasteiger partial charge in [-0.2, -0.15) is 0 Å². The molecular formula is C26H38O5. The molecule has 3 aliphatic rings. The Hall–Kier alpha value is -1.64. The molecule has 31 heavy (non-hydrogen) atoms. The highest BCUT2D eigenvalue weighted by Crippen LogP contribution is 2.57. The maximum absolute atomic E-state index is 11.7. The lowest BCUT2D eigenvalue weighted by molar-refractivity contribution is -0.156. The Balaban J connectivity index is 1.67. The van der Waals surface area contributed by atoms with E-state index in [0.29, 0.717) is 44.0 Å². The van der Waals surface area contributed by atoms with E-state index in [2.05, 4.69) is 24.8 Å². The smallest absolute Gasteiger partial charge is 0.303 e. The molecular weight excluding hydrogens is 392 g/mol. The summed E-state index contributed by atoms with van der Waals surface area (Å²) in [5.41, 5.74) is 0.938. The molecule has 0 spiro atoms. The summed E-state index contributed by atoms with van der Waals surface area (Å²) >= 11 is 0.